The summed E-state index contributed by atoms with van der Waals surface area (Å²) in [5.74, 6) is -3.83. The first-order valence-corrected chi connectivity index (χ1v) is 3.96. The number of rotatable bonds is 1. The number of alkyl halides is 3. The Balaban J connectivity index is 2.07. The summed E-state index contributed by atoms with van der Waals surface area (Å²) < 4.78 is 36.5. The summed E-state index contributed by atoms with van der Waals surface area (Å²) in [4.78, 5) is 10.5. The highest BCUT2D eigenvalue weighted by Gasteiger charge is 2.70. The van der Waals surface area contributed by atoms with Crippen LogP contribution in [0.4, 0.5) is 13.2 Å². The van der Waals surface area contributed by atoms with Gasteiger partial charge in [0.2, 0.25) is 0 Å². The number of carbonyl (C=O) groups is 1. The molecule has 0 amide bonds. The molecule has 2 fully saturated rings. The summed E-state index contributed by atoms with van der Waals surface area (Å²) in [6.45, 7) is 0.172. The molecular weight excluding hydrogens is 187 g/mol. The van der Waals surface area contributed by atoms with Crippen LogP contribution in [0, 0.1) is 17.8 Å². The van der Waals surface area contributed by atoms with Crippen molar-refractivity contribution in [2.75, 3.05) is 6.54 Å². The molecule has 1 saturated carbocycles. The van der Waals surface area contributed by atoms with E-state index in [0.717, 1.165) is 0 Å². The second-order valence-corrected chi connectivity index (χ2v) is 3.53. The lowest BCUT2D eigenvalue weighted by atomic mass is 10.1. The van der Waals surface area contributed by atoms with Crippen LogP contribution in [0.25, 0.3) is 0 Å². The van der Waals surface area contributed by atoms with Crippen molar-refractivity contribution in [3.05, 3.63) is 0 Å². The van der Waals surface area contributed by atoms with Crippen LogP contribution in [-0.2, 0) is 4.79 Å². The van der Waals surface area contributed by atoms with Gasteiger partial charge in [-0.05, 0) is 12.5 Å². The Kier molecular flexibility index (Phi) is 1.61. The molecule has 0 radical (unpaired) electrons. The van der Waals surface area contributed by atoms with Crippen LogP contribution in [-0.4, -0.2) is 29.8 Å². The van der Waals surface area contributed by atoms with Gasteiger partial charge in [0.25, 0.3) is 0 Å². The molecule has 4 atom stereocenters. The van der Waals surface area contributed by atoms with E-state index in [0.29, 0.717) is 0 Å². The summed E-state index contributed by atoms with van der Waals surface area (Å²) in [6, 6.07) is -1.00. The second-order valence-electron chi connectivity index (χ2n) is 3.53. The van der Waals surface area contributed by atoms with Crippen molar-refractivity contribution in [2.24, 2.45) is 17.8 Å². The third-order valence-electron chi connectivity index (χ3n) is 2.83. The molecule has 0 aromatic carbocycles. The molecule has 0 spiro atoms. The van der Waals surface area contributed by atoms with Crippen molar-refractivity contribution >= 4 is 5.97 Å². The van der Waals surface area contributed by atoms with E-state index >= 15 is 0 Å². The number of carboxylic acid groups (broad SMARTS) is 1. The van der Waals surface area contributed by atoms with E-state index in [1.807, 2.05) is 0 Å². The quantitative estimate of drug-likeness (QED) is 0.639. The van der Waals surface area contributed by atoms with Gasteiger partial charge in [-0.3, -0.25) is 4.79 Å². The van der Waals surface area contributed by atoms with Crippen molar-refractivity contribution in [1.29, 1.82) is 0 Å². The highest BCUT2D eigenvalue weighted by Crippen LogP contribution is 2.59. The van der Waals surface area contributed by atoms with Crippen molar-refractivity contribution in [2.45, 2.75) is 12.2 Å². The predicted molar refractivity (Wildman–Crippen MR) is 36.0 cm³/mol. The van der Waals surface area contributed by atoms with Gasteiger partial charge in [0.1, 0.15) is 6.04 Å². The van der Waals surface area contributed by atoms with Gasteiger partial charge < -0.3 is 10.4 Å². The zero-order chi connectivity index (χ0) is 9.80. The first kappa shape index (κ1) is 8.80. The fraction of sp³-hybridized carbons (Fsp3) is 0.857. The fourth-order valence-electron chi connectivity index (χ4n) is 2.23. The molecule has 2 rings (SSSR count). The molecule has 74 valence electrons. The van der Waals surface area contributed by atoms with Crippen LogP contribution in [0.3, 0.4) is 0 Å². The number of hydrogen-bond donors (Lipinski definition) is 2. The van der Waals surface area contributed by atoms with E-state index in [4.69, 9.17) is 5.11 Å². The van der Waals surface area contributed by atoms with E-state index in [9.17, 15) is 18.0 Å². The summed E-state index contributed by atoms with van der Waals surface area (Å²) in [5, 5.41) is 11.1. The third-order valence-corrected chi connectivity index (χ3v) is 2.83. The maximum absolute atomic E-state index is 12.2. The minimum atomic E-state index is -4.23. The summed E-state index contributed by atoms with van der Waals surface area (Å²) >= 11 is 0. The lowest BCUT2D eigenvalue weighted by molar-refractivity contribution is -0.158. The fourth-order valence-corrected chi connectivity index (χ4v) is 2.23. The third kappa shape index (κ3) is 1.20. The van der Waals surface area contributed by atoms with E-state index in [-0.39, 0.29) is 6.54 Å². The number of carboxylic acids is 1. The van der Waals surface area contributed by atoms with Crippen LogP contribution in [0.5, 0.6) is 0 Å². The highest BCUT2D eigenvalue weighted by atomic mass is 19.4. The first-order chi connectivity index (χ1) is 5.93. The molecule has 2 aliphatic rings. The van der Waals surface area contributed by atoms with Gasteiger partial charge in [-0.2, -0.15) is 13.2 Å². The van der Waals surface area contributed by atoms with Crippen LogP contribution in [0.1, 0.15) is 0 Å². The molecule has 2 N–H and O–H groups in total. The van der Waals surface area contributed by atoms with Crippen LogP contribution in [0.2, 0.25) is 0 Å². The van der Waals surface area contributed by atoms with Gasteiger partial charge in [-0.25, -0.2) is 0 Å². The SMILES string of the molecule is O=C(O)[C@H]1NC[C@@H]2[C@H]1[C@H]2C(F)(F)F. The molecule has 1 heterocycles. The zero-order valence-electron chi connectivity index (χ0n) is 6.51. The molecule has 13 heavy (non-hydrogen) atoms. The van der Waals surface area contributed by atoms with Gasteiger partial charge in [0.05, 0.1) is 5.92 Å². The average Bonchev–Trinajstić information content (AvgIpc) is 2.52. The maximum Gasteiger partial charge on any atom is 0.392 e. The maximum atomic E-state index is 12.2. The largest absolute Gasteiger partial charge is 0.480 e. The number of aliphatic carboxylic acids is 1. The van der Waals surface area contributed by atoms with E-state index in [2.05, 4.69) is 5.32 Å². The van der Waals surface area contributed by atoms with Gasteiger partial charge in [-0.1, -0.05) is 0 Å². The topological polar surface area (TPSA) is 49.3 Å². The van der Waals surface area contributed by atoms with Gasteiger partial charge in [-0.15, -0.1) is 0 Å². The number of hydrogen-bond acceptors (Lipinski definition) is 2. The Labute approximate surface area is 71.9 Å². The molecule has 3 nitrogen and oxygen atoms in total. The Hall–Kier alpha value is -0.780. The Morgan fingerprint density at radius 1 is 1.46 bits per heavy atom. The zero-order valence-corrected chi connectivity index (χ0v) is 6.51. The number of halogens is 3. The number of nitrogens with one attached hydrogen (secondary N) is 1. The van der Waals surface area contributed by atoms with Gasteiger partial charge in [0, 0.05) is 5.92 Å². The van der Waals surface area contributed by atoms with Crippen molar-refractivity contribution in [3.63, 3.8) is 0 Å². The molecule has 0 unspecified atom stereocenters. The summed E-state index contributed by atoms with van der Waals surface area (Å²) in [7, 11) is 0. The monoisotopic (exact) mass is 195 g/mol. The standard InChI is InChI=1S/C7H8F3NO2/c8-7(9,10)4-2-1-11-5(3(2)4)6(12)13/h2-5,11H,1H2,(H,12,13)/t2-,3+,4+,5+/m1/s1. The molecule has 0 bridgehead atoms. The molecule has 0 aromatic rings. The Bertz CT molecular complexity index is 253. The normalized spacial score (nSPS) is 43.0. The van der Waals surface area contributed by atoms with E-state index < -0.39 is 35.9 Å². The number of fused-ring (bicyclic) bond motifs is 1. The lowest BCUT2D eigenvalue weighted by Gasteiger charge is -2.13. The van der Waals surface area contributed by atoms with Crippen molar-refractivity contribution in [3.8, 4) is 0 Å². The molecule has 6 heteroatoms. The van der Waals surface area contributed by atoms with Crippen LogP contribution in [0.15, 0.2) is 0 Å². The Morgan fingerprint density at radius 2 is 2.08 bits per heavy atom. The predicted octanol–water partition coefficient (Wildman–Crippen LogP) is 0.467. The molecule has 0 aromatic heterocycles. The molecule has 1 saturated heterocycles. The van der Waals surface area contributed by atoms with Crippen LogP contribution >= 0.6 is 0 Å². The average molecular weight is 195 g/mol. The smallest absolute Gasteiger partial charge is 0.392 e. The van der Waals surface area contributed by atoms with Gasteiger partial charge >= 0.3 is 12.1 Å². The van der Waals surface area contributed by atoms with Crippen molar-refractivity contribution < 1.29 is 23.1 Å². The molecular formula is C7H8F3NO2. The second kappa shape index (κ2) is 2.37. The van der Waals surface area contributed by atoms with Crippen molar-refractivity contribution in [1.82, 2.24) is 5.32 Å². The van der Waals surface area contributed by atoms with E-state index in [1.165, 1.54) is 0 Å². The van der Waals surface area contributed by atoms with Gasteiger partial charge in [0.15, 0.2) is 0 Å². The molecule has 1 aliphatic heterocycles. The molecule has 1 aliphatic carbocycles. The summed E-state index contributed by atoms with van der Waals surface area (Å²) in [5.41, 5.74) is 0. The minimum Gasteiger partial charge on any atom is -0.480 e. The summed E-state index contributed by atoms with van der Waals surface area (Å²) in [6.07, 6.45) is -4.23. The number of piperidine rings is 1. The Morgan fingerprint density at radius 3 is 2.46 bits per heavy atom. The minimum absolute atomic E-state index is 0.172. The van der Waals surface area contributed by atoms with E-state index in [1.54, 1.807) is 0 Å². The first-order valence-electron chi connectivity index (χ1n) is 3.96. The van der Waals surface area contributed by atoms with Crippen LogP contribution < -0.4 is 5.32 Å². The lowest BCUT2D eigenvalue weighted by Crippen LogP contribution is -2.38. The highest BCUT2D eigenvalue weighted by molar-refractivity contribution is 5.75.